The van der Waals surface area contributed by atoms with Gasteiger partial charge in [0.05, 0.1) is 0 Å². The van der Waals surface area contributed by atoms with Crippen molar-refractivity contribution in [2.45, 2.75) is 38.7 Å². The number of nitrogens with zero attached hydrogens (tertiary/aromatic N) is 5. The summed E-state index contributed by atoms with van der Waals surface area (Å²) in [6, 6.07) is 5.67. The summed E-state index contributed by atoms with van der Waals surface area (Å²) in [7, 11) is 0. The van der Waals surface area contributed by atoms with Gasteiger partial charge in [0.25, 0.3) is 0 Å². The zero-order valence-corrected chi connectivity index (χ0v) is 19.4. The molecule has 0 radical (unpaired) electrons. The largest absolute Gasteiger partial charge is 0.480 e. The number of halogens is 6. The van der Waals surface area contributed by atoms with Crippen LogP contribution in [0.2, 0.25) is 0 Å². The van der Waals surface area contributed by atoms with Gasteiger partial charge in [-0.15, -0.1) is 5.10 Å². The van der Waals surface area contributed by atoms with Crippen molar-refractivity contribution in [1.82, 2.24) is 19.6 Å². The van der Waals surface area contributed by atoms with Crippen molar-refractivity contribution in [3.05, 3.63) is 41.9 Å². The molecule has 0 amide bonds. The Kier molecular flexibility index (Phi) is 5.91. The Morgan fingerprint density at radius 3 is 2.53 bits per heavy atom. The highest BCUT2D eigenvalue weighted by Crippen LogP contribution is 2.49. The lowest BCUT2D eigenvalue weighted by atomic mass is 9.61. The molecule has 1 aliphatic carbocycles. The van der Waals surface area contributed by atoms with Gasteiger partial charge in [-0.2, -0.15) is 31.3 Å². The maximum atomic E-state index is 13.1. The van der Waals surface area contributed by atoms with Crippen molar-refractivity contribution in [1.29, 1.82) is 0 Å². The number of fused-ring (bicyclic) bond motifs is 2. The van der Waals surface area contributed by atoms with E-state index in [0.717, 1.165) is 12.5 Å². The Morgan fingerprint density at radius 1 is 1.08 bits per heavy atom. The van der Waals surface area contributed by atoms with Crippen molar-refractivity contribution in [2.75, 3.05) is 29.9 Å². The van der Waals surface area contributed by atoms with Crippen LogP contribution in [0.25, 0.3) is 5.65 Å². The van der Waals surface area contributed by atoms with Crippen LogP contribution in [0.5, 0.6) is 5.75 Å². The molecule has 0 bridgehead atoms. The molecule has 4 atom stereocenters. The predicted molar refractivity (Wildman–Crippen MR) is 119 cm³/mol. The summed E-state index contributed by atoms with van der Waals surface area (Å²) in [5.41, 5.74) is 0.408. The van der Waals surface area contributed by atoms with E-state index in [0.29, 0.717) is 30.4 Å². The second kappa shape index (κ2) is 8.70. The lowest BCUT2D eigenvalue weighted by Crippen LogP contribution is -2.54. The molecule has 1 N–H and O–H groups in total. The van der Waals surface area contributed by atoms with Crippen LogP contribution in [0.1, 0.15) is 24.7 Å². The van der Waals surface area contributed by atoms with E-state index in [-0.39, 0.29) is 35.2 Å². The number of aromatic nitrogens is 4. The molecule has 2 fully saturated rings. The first-order valence-electron chi connectivity index (χ1n) is 11.6. The summed E-state index contributed by atoms with van der Waals surface area (Å²) in [4.78, 5) is 9.79. The predicted octanol–water partition coefficient (Wildman–Crippen LogP) is 4.97. The molecule has 1 unspecified atom stereocenters. The summed E-state index contributed by atoms with van der Waals surface area (Å²) < 4.78 is 83.7. The number of anilines is 2. The minimum atomic E-state index is -4.51. The normalized spacial score (nSPS) is 24.1. The summed E-state index contributed by atoms with van der Waals surface area (Å²) in [6.45, 7) is 3.57. The molecule has 2 aliphatic rings. The Hall–Kier alpha value is -3.25. The summed E-state index contributed by atoms with van der Waals surface area (Å²) in [5, 5.41) is 7.76. The van der Waals surface area contributed by atoms with Crippen molar-refractivity contribution >= 4 is 17.3 Å². The topological polar surface area (TPSA) is 67.6 Å². The third kappa shape index (κ3) is 4.50. The van der Waals surface area contributed by atoms with E-state index in [1.807, 2.05) is 4.90 Å². The second-order valence-corrected chi connectivity index (χ2v) is 9.29. The van der Waals surface area contributed by atoms with Crippen LogP contribution >= 0.6 is 0 Å². The van der Waals surface area contributed by atoms with Crippen LogP contribution in [0, 0.1) is 24.7 Å². The fraction of sp³-hybridized carbons (Fsp3) is 0.522. The fourth-order valence-corrected chi connectivity index (χ4v) is 5.42. The highest BCUT2D eigenvalue weighted by Gasteiger charge is 2.54. The number of pyridine rings is 2. The van der Waals surface area contributed by atoms with E-state index in [1.165, 1.54) is 16.8 Å². The molecule has 1 saturated heterocycles. The smallest absolute Gasteiger partial charge is 0.433 e. The Balaban J connectivity index is 1.34. The van der Waals surface area contributed by atoms with Gasteiger partial charge >= 0.3 is 12.4 Å². The van der Waals surface area contributed by atoms with Crippen molar-refractivity contribution in [2.24, 2.45) is 17.8 Å². The molecule has 3 aromatic heterocycles. The van der Waals surface area contributed by atoms with Crippen LogP contribution in [0.15, 0.2) is 30.5 Å². The maximum absolute atomic E-state index is 13.1. The van der Waals surface area contributed by atoms with Crippen LogP contribution in [0.4, 0.5) is 38.0 Å². The summed E-state index contributed by atoms with van der Waals surface area (Å²) in [5.74, 6) is 0.940. The van der Waals surface area contributed by atoms with Gasteiger partial charge in [-0.3, -0.25) is 4.98 Å². The molecule has 3 aromatic rings. The zero-order chi connectivity index (χ0) is 25.8. The van der Waals surface area contributed by atoms with E-state index < -0.39 is 24.7 Å². The van der Waals surface area contributed by atoms with E-state index in [1.54, 1.807) is 19.1 Å². The fourth-order valence-electron chi connectivity index (χ4n) is 5.42. The molecule has 5 rings (SSSR count). The first-order chi connectivity index (χ1) is 16.9. The molecule has 1 aliphatic heterocycles. The first kappa shape index (κ1) is 24.4. The van der Waals surface area contributed by atoms with Crippen molar-refractivity contribution in [3.63, 3.8) is 0 Å². The number of hydrogen-bond acceptors (Lipinski definition) is 6. The number of aryl methyl sites for hydroxylation is 1. The van der Waals surface area contributed by atoms with Crippen LogP contribution in [0.3, 0.4) is 0 Å². The first-order valence-corrected chi connectivity index (χ1v) is 11.6. The average molecular weight is 514 g/mol. The van der Waals surface area contributed by atoms with Gasteiger partial charge < -0.3 is 15.0 Å². The van der Waals surface area contributed by atoms with Gasteiger partial charge in [0.15, 0.2) is 18.0 Å². The van der Waals surface area contributed by atoms with E-state index >= 15 is 0 Å². The molecule has 36 heavy (non-hydrogen) atoms. The molecule has 194 valence electrons. The molecule has 13 heteroatoms. The standard InChI is InChI=1S/C23H24F6N6O/c1-3-14-15-9-34(13-6-7-30-18(8-13)23(27,28)29)10-16(15)19(14)31-21-32-20-17(36-11-22(24,25)26)5-4-12(2)35(20)33-21/h4-8,14-16,19H,3,9-11H2,1-2H3,(H,31,33)/t14-,15?,16-,19-/m1/s1. The minimum absolute atomic E-state index is 0.0221. The summed E-state index contributed by atoms with van der Waals surface area (Å²) >= 11 is 0. The molecular weight excluding hydrogens is 490 g/mol. The third-order valence-electron chi connectivity index (χ3n) is 7.08. The van der Waals surface area contributed by atoms with Crippen molar-refractivity contribution in [3.8, 4) is 5.75 Å². The van der Waals surface area contributed by atoms with Crippen LogP contribution in [-0.4, -0.2) is 51.5 Å². The lowest BCUT2D eigenvalue weighted by molar-refractivity contribution is -0.153. The minimum Gasteiger partial charge on any atom is -0.480 e. The maximum Gasteiger partial charge on any atom is 0.433 e. The highest BCUT2D eigenvalue weighted by atomic mass is 19.4. The van der Waals surface area contributed by atoms with Crippen LogP contribution < -0.4 is 15.0 Å². The number of hydrogen-bond donors (Lipinski definition) is 1. The quantitative estimate of drug-likeness (QED) is 0.469. The summed E-state index contributed by atoms with van der Waals surface area (Å²) in [6.07, 6.45) is -6.97. The monoisotopic (exact) mass is 514 g/mol. The van der Waals surface area contributed by atoms with Gasteiger partial charge in [-0.1, -0.05) is 13.3 Å². The number of rotatable bonds is 6. The van der Waals surface area contributed by atoms with Crippen LogP contribution in [-0.2, 0) is 6.18 Å². The van der Waals surface area contributed by atoms with Gasteiger partial charge in [0.2, 0.25) is 5.95 Å². The number of ether oxygens (including phenoxy) is 1. The van der Waals surface area contributed by atoms with Gasteiger partial charge in [-0.25, -0.2) is 4.52 Å². The molecule has 0 aromatic carbocycles. The SMILES string of the molecule is CC[C@@H]1C2CN(c3ccnc(C(F)(F)F)c3)C[C@H]2[C@@H]1Nc1nc2c(OCC(F)(F)F)ccc(C)n2n1. The molecule has 0 spiro atoms. The Bertz CT molecular complexity index is 1260. The van der Waals surface area contributed by atoms with Crippen molar-refractivity contribution < 1.29 is 31.1 Å². The molecule has 4 heterocycles. The molecular formula is C23H24F6N6O. The Morgan fingerprint density at radius 2 is 1.83 bits per heavy atom. The van der Waals surface area contributed by atoms with Gasteiger partial charge in [-0.05, 0) is 43.0 Å². The van der Waals surface area contributed by atoms with E-state index in [9.17, 15) is 26.3 Å². The second-order valence-electron chi connectivity index (χ2n) is 9.29. The Labute approximate surface area is 202 Å². The van der Waals surface area contributed by atoms with Gasteiger partial charge in [0.1, 0.15) is 5.69 Å². The highest BCUT2D eigenvalue weighted by molar-refractivity contribution is 5.57. The number of alkyl halides is 6. The van der Waals surface area contributed by atoms with E-state index in [4.69, 9.17) is 4.74 Å². The number of nitrogens with one attached hydrogen (secondary N) is 1. The third-order valence-corrected chi connectivity index (χ3v) is 7.08. The zero-order valence-electron chi connectivity index (χ0n) is 19.4. The molecule has 7 nitrogen and oxygen atoms in total. The van der Waals surface area contributed by atoms with Gasteiger partial charge in [0, 0.05) is 42.6 Å². The van der Waals surface area contributed by atoms with E-state index in [2.05, 4.69) is 27.3 Å². The molecule has 1 saturated carbocycles. The lowest BCUT2D eigenvalue weighted by Gasteiger charge is -2.47. The average Bonchev–Trinajstić information content (AvgIpc) is 3.40.